The molecule has 0 radical (unpaired) electrons. The predicted octanol–water partition coefficient (Wildman–Crippen LogP) is 3.38. The lowest BCUT2D eigenvalue weighted by molar-refractivity contribution is 0.0651. The summed E-state index contributed by atoms with van der Waals surface area (Å²) in [5, 5.41) is 10.1. The third kappa shape index (κ3) is 3.81. The highest BCUT2D eigenvalue weighted by molar-refractivity contribution is 8.00. The quantitative estimate of drug-likeness (QED) is 0.417. The maximum absolute atomic E-state index is 13.6. The van der Waals surface area contributed by atoms with Crippen LogP contribution in [0.15, 0.2) is 46.7 Å². The minimum Gasteiger partial charge on any atom is -0.492 e. The summed E-state index contributed by atoms with van der Waals surface area (Å²) in [5.74, 6) is 1.05. The lowest BCUT2D eigenvalue weighted by atomic mass is 9.74. The number of amides is 1. The number of carbonyl (C=O) groups excluding carboxylic acids is 1. The van der Waals surface area contributed by atoms with Crippen molar-refractivity contribution in [1.82, 2.24) is 4.90 Å². The number of hydrogen-bond donors (Lipinski definition) is 2. The molecule has 0 atom stereocenters. The molecule has 1 fully saturated rings. The molecule has 4 heterocycles. The number of carbonyl (C=O) groups is 1. The van der Waals surface area contributed by atoms with Crippen molar-refractivity contribution < 1.29 is 19.2 Å². The van der Waals surface area contributed by atoms with E-state index in [0.717, 1.165) is 55.4 Å². The Balaban J connectivity index is 1.24. The number of benzene rings is 2. The summed E-state index contributed by atoms with van der Waals surface area (Å²) in [6, 6.07) is 14.2. The SMILES string of the molecule is CSc1sc(C(=O)N2CCC3(CC2)COc2ccc(CN)cc23)cc1-c1cccc2c1COB2O. The Morgan fingerprint density at radius 1 is 1.23 bits per heavy atom. The van der Waals surface area contributed by atoms with Crippen LogP contribution in [-0.4, -0.2) is 48.9 Å². The zero-order valence-corrected chi connectivity index (χ0v) is 21.2. The third-order valence-electron chi connectivity index (χ3n) is 7.61. The number of nitrogens with zero attached hydrogens (tertiary/aromatic N) is 1. The van der Waals surface area contributed by atoms with E-state index in [-0.39, 0.29) is 11.3 Å². The predicted molar refractivity (Wildman–Crippen MR) is 141 cm³/mol. The normalized spacial score (nSPS) is 18.0. The first-order valence-electron chi connectivity index (χ1n) is 11.9. The first kappa shape index (κ1) is 23.1. The van der Waals surface area contributed by atoms with Crippen LogP contribution in [0.3, 0.4) is 0 Å². The van der Waals surface area contributed by atoms with Crippen LogP contribution in [0, 0.1) is 0 Å². The smallest absolute Gasteiger partial charge is 0.491 e. The molecule has 0 unspecified atom stereocenters. The van der Waals surface area contributed by atoms with Gasteiger partial charge in [0.2, 0.25) is 0 Å². The van der Waals surface area contributed by atoms with E-state index in [9.17, 15) is 9.82 Å². The molecule has 1 spiro atoms. The van der Waals surface area contributed by atoms with Crippen molar-refractivity contribution >= 4 is 41.6 Å². The van der Waals surface area contributed by atoms with E-state index in [0.29, 0.717) is 32.8 Å². The lowest BCUT2D eigenvalue weighted by Gasteiger charge is -2.38. The summed E-state index contributed by atoms with van der Waals surface area (Å²) in [6.07, 6.45) is 3.81. The van der Waals surface area contributed by atoms with Crippen LogP contribution in [0.1, 0.15) is 39.2 Å². The fourth-order valence-corrected chi connectivity index (χ4v) is 7.43. The number of thioether (sulfide) groups is 1. The minimum atomic E-state index is -0.881. The van der Waals surface area contributed by atoms with Gasteiger partial charge in [-0.3, -0.25) is 4.79 Å². The Kier molecular flexibility index (Phi) is 5.93. The fourth-order valence-electron chi connectivity index (χ4n) is 5.57. The second-order valence-corrected chi connectivity index (χ2v) is 11.6. The zero-order chi connectivity index (χ0) is 24.2. The Labute approximate surface area is 213 Å². The summed E-state index contributed by atoms with van der Waals surface area (Å²) in [7, 11) is -0.881. The van der Waals surface area contributed by atoms with Gasteiger partial charge in [-0.25, -0.2) is 0 Å². The number of hydrogen-bond acceptors (Lipinski definition) is 7. The van der Waals surface area contributed by atoms with E-state index in [1.54, 1.807) is 23.1 Å². The topological polar surface area (TPSA) is 85.0 Å². The molecule has 1 amide bonds. The van der Waals surface area contributed by atoms with Gasteiger partial charge in [0.25, 0.3) is 5.91 Å². The molecule has 2 aromatic carbocycles. The highest BCUT2D eigenvalue weighted by Crippen LogP contribution is 2.46. The van der Waals surface area contributed by atoms with Crippen LogP contribution < -0.4 is 15.9 Å². The molecule has 0 saturated carbocycles. The van der Waals surface area contributed by atoms with Gasteiger partial charge in [-0.05, 0) is 53.4 Å². The number of likely N-dealkylation sites (tertiary alicyclic amines) is 1. The Hall–Kier alpha value is -2.30. The summed E-state index contributed by atoms with van der Waals surface area (Å²) in [6.45, 7) is 2.98. The molecule has 0 aliphatic carbocycles. The largest absolute Gasteiger partial charge is 0.492 e. The van der Waals surface area contributed by atoms with Crippen molar-refractivity contribution in [3.8, 4) is 16.9 Å². The summed E-state index contributed by atoms with van der Waals surface area (Å²) in [4.78, 5) is 16.3. The van der Waals surface area contributed by atoms with Gasteiger partial charge in [0.1, 0.15) is 5.75 Å². The van der Waals surface area contributed by atoms with Crippen LogP contribution >= 0.6 is 23.1 Å². The molecule has 1 aromatic heterocycles. The molecule has 6 rings (SSSR count). The van der Waals surface area contributed by atoms with Gasteiger partial charge in [0, 0.05) is 36.2 Å². The second-order valence-electron chi connectivity index (χ2n) is 9.45. The van der Waals surface area contributed by atoms with Gasteiger partial charge in [-0.15, -0.1) is 23.1 Å². The van der Waals surface area contributed by atoms with Gasteiger partial charge in [-0.2, -0.15) is 0 Å². The summed E-state index contributed by atoms with van der Waals surface area (Å²) < 4.78 is 12.6. The maximum atomic E-state index is 13.6. The molecular weight excluding hydrogens is 479 g/mol. The first-order chi connectivity index (χ1) is 17.0. The van der Waals surface area contributed by atoms with Crippen molar-refractivity contribution in [2.75, 3.05) is 26.0 Å². The highest BCUT2D eigenvalue weighted by atomic mass is 32.2. The summed E-state index contributed by atoms with van der Waals surface area (Å²) in [5.41, 5.74) is 12.1. The van der Waals surface area contributed by atoms with E-state index in [1.165, 1.54) is 5.56 Å². The molecule has 9 heteroatoms. The van der Waals surface area contributed by atoms with Crippen molar-refractivity contribution in [3.63, 3.8) is 0 Å². The number of thiophene rings is 1. The molecule has 6 nitrogen and oxygen atoms in total. The van der Waals surface area contributed by atoms with Crippen LogP contribution in [0.2, 0.25) is 0 Å². The Bertz CT molecular complexity index is 1300. The Morgan fingerprint density at radius 2 is 2.06 bits per heavy atom. The second kappa shape index (κ2) is 8.98. The zero-order valence-electron chi connectivity index (χ0n) is 19.6. The first-order valence-corrected chi connectivity index (χ1v) is 13.9. The van der Waals surface area contributed by atoms with Gasteiger partial charge >= 0.3 is 7.12 Å². The number of ether oxygens (including phenoxy) is 1. The molecule has 1 saturated heterocycles. The van der Waals surface area contributed by atoms with Crippen molar-refractivity contribution in [2.24, 2.45) is 5.73 Å². The molecule has 0 bridgehead atoms. The molecule has 3 aliphatic heterocycles. The lowest BCUT2D eigenvalue weighted by Crippen LogP contribution is -2.45. The summed E-state index contributed by atoms with van der Waals surface area (Å²) >= 11 is 3.20. The van der Waals surface area contributed by atoms with Crippen LogP contribution in [0.5, 0.6) is 5.75 Å². The minimum absolute atomic E-state index is 0.0340. The Morgan fingerprint density at radius 3 is 2.83 bits per heavy atom. The molecule has 3 N–H and O–H groups in total. The van der Waals surface area contributed by atoms with E-state index in [2.05, 4.69) is 6.07 Å². The maximum Gasteiger partial charge on any atom is 0.491 e. The molecular formula is C26H27BN2O4S2. The van der Waals surface area contributed by atoms with Crippen molar-refractivity contribution in [3.05, 3.63) is 64.0 Å². The van der Waals surface area contributed by atoms with Crippen molar-refractivity contribution in [1.29, 1.82) is 0 Å². The average Bonchev–Trinajstić information content (AvgIpc) is 3.60. The van der Waals surface area contributed by atoms with E-state index in [1.807, 2.05) is 47.6 Å². The molecule has 3 aromatic rings. The van der Waals surface area contributed by atoms with E-state index in [4.69, 9.17) is 15.1 Å². The van der Waals surface area contributed by atoms with Gasteiger partial charge in [-0.1, -0.05) is 30.3 Å². The van der Waals surface area contributed by atoms with Crippen LogP contribution in [-0.2, 0) is 23.2 Å². The third-order valence-corrected chi connectivity index (χ3v) is 9.87. The standard InChI is InChI=1S/C26H27BN2O4S2/c1-34-25-18(17-3-2-4-21-19(17)14-33-27(21)31)12-23(35-25)24(30)29-9-7-26(8-10-29)15-32-22-6-5-16(13-28)11-20(22)26/h2-6,11-12,31H,7-10,13-15,28H2,1H3. The number of nitrogens with two attached hydrogens (primary N) is 1. The van der Waals surface area contributed by atoms with E-state index >= 15 is 0 Å². The average molecular weight is 506 g/mol. The van der Waals surface area contributed by atoms with Gasteiger partial charge < -0.3 is 25.0 Å². The van der Waals surface area contributed by atoms with Gasteiger partial charge in [0.15, 0.2) is 0 Å². The number of fused-ring (bicyclic) bond motifs is 3. The molecule has 35 heavy (non-hydrogen) atoms. The van der Waals surface area contributed by atoms with E-state index < -0.39 is 7.12 Å². The van der Waals surface area contributed by atoms with Crippen LogP contribution in [0.4, 0.5) is 0 Å². The molecule has 180 valence electrons. The highest BCUT2D eigenvalue weighted by Gasteiger charge is 2.44. The van der Waals surface area contributed by atoms with Crippen molar-refractivity contribution in [2.45, 2.75) is 35.6 Å². The van der Waals surface area contributed by atoms with Gasteiger partial charge in [0.05, 0.1) is 22.3 Å². The number of rotatable bonds is 4. The monoisotopic (exact) mass is 506 g/mol. The molecule has 3 aliphatic rings. The fraction of sp³-hybridized carbons (Fsp3) is 0.346. The van der Waals surface area contributed by atoms with Crippen LogP contribution in [0.25, 0.3) is 11.1 Å². The number of piperidine rings is 1.